The van der Waals surface area contributed by atoms with Gasteiger partial charge in [0, 0.05) is 43.8 Å². The molecule has 2 saturated heterocycles. The van der Waals surface area contributed by atoms with Crippen LogP contribution in [-0.2, 0) is 28.5 Å². The highest BCUT2D eigenvalue weighted by Gasteiger charge is 2.48. The zero-order chi connectivity index (χ0) is 34.7. The summed E-state index contributed by atoms with van der Waals surface area (Å²) in [5, 5.41) is 42.0. The summed E-state index contributed by atoms with van der Waals surface area (Å²) in [5.41, 5.74) is -4.28. The van der Waals surface area contributed by atoms with Gasteiger partial charge in [0.25, 0.3) is 0 Å². The van der Waals surface area contributed by atoms with E-state index in [0.717, 1.165) is 0 Å². The molecule has 4 aliphatic heterocycles. The molecule has 248 valence electrons. The first-order valence-corrected chi connectivity index (χ1v) is 15.5. The van der Waals surface area contributed by atoms with Crippen LogP contribution in [0.3, 0.4) is 0 Å². The zero-order valence-electron chi connectivity index (χ0n) is 25.8. The fourth-order valence-electron chi connectivity index (χ4n) is 8.53. The Morgan fingerprint density at radius 1 is 0.531 bits per heavy atom. The minimum Gasteiger partial charge on any atom is -0.507 e. The van der Waals surface area contributed by atoms with Crippen molar-refractivity contribution in [2.45, 2.75) is 70.2 Å². The second-order valence-electron chi connectivity index (χ2n) is 13.1. The second-order valence-corrected chi connectivity index (χ2v) is 13.1. The maximum Gasteiger partial charge on any atom is 0.309 e. The van der Waals surface area contributed by atoms with Crippen LogP contribution in [-0.4, -0.2) is 44.6 Å². The molecule has 4 aliphatic rings. The Kier molecular flexibility index (Phi) is 5.60. The Morgan fingerprint density at radius 3 is 1.39 bits per heavy atom. The molecule has 49 heavy (non-hydrogen) atoms. The third-order valence-electron chi connectivity index (χ3n) is 10.5. The second kappa shape index (κ2) is 9.30. The first-order chi connectivity index (χ1) is 23.2. The average Bonchev–Trinajstić information content (AvgIpc) is 3.60. The van der Waals surface area contributed by atoms with Gasteiger partial charge in [0.2, 0.25) is 0 Å². The van der Waals surface area contributed by atoms with Crippen LogP contribution < -0.4 is 21.7 Å². The number of phenols is 4. The smallest absolute Gasteiger partial charge is 0.309 e. The van der Waals surface area contributed by atoms with Crippen LogP contribution in [0.4, 0.5) is 0 Å². The number of ether oxygens (including phenoxy) is 4. The maximum absolute atomic E-state index is 14.5. The highest BCUT2D eigenvalue weighted by atomic mass is 16.6. The lowest BCUT2D eigenvalue weighted by Crippen LogP contribution is -2.28. The van der Waals surface area contributed by atoms with Crippen molar-refractivity contribution in [1.29, 1.82) is 0 Å². The molecule has 0 amide bonds. The third kappa shape index (κ3) is 3.41. The van der Waals surface area contributed by atoms with Crippen LogP contribution in [0.25, 0.3) is 43.1 Å². The summed E-state index contributed by atoms with van der Waals surface area (Å²) in [6, 6.07) is 1.21. The lowest BCUT2D eigenvalue weighted by atomic mass is 9.84. The van der Waals surface area contributed by atoms with Crippen LogP contribution in [0.1, 0.15) is 78.9 Å². The van der Waals surface area contributed by atoms with Gasteiger partial charge in [0.15, 0.2) is 33.9 Å². The quantitative estimate of drug-likeness (QED) is 0.0807. The van der Waals surface area contributed by atoms with Crippen molar-refractivity contribution in [3.05, 3.63) is 74.8 Å². The number of phenolic OH excluding ortho intramolecular Hbond substituents is 4. The van der Waals surface area contributed by atoms with Gasteiger partial charge >= 0.3 is 11.9 Å². The van der Waals surface area contributed by atoms with Crippen LogP contribution >= 0.6 is 0 Å². The molecule has 6 unspecified atom stereocenters. The van der Waals surface area contributed by atoms with Crippen molar-refractivity contribution in [3.63, 3.8) is 0 Å². The molecule has 5 aromatic carbocycles. The van der Waals surface area contributed by atoms with Crippen LogP contribution in [0.5, 0.6) is 23.0 Å². The normalized spacial score (nSPS) is 25.8. The van der Waals surface area contributed by atoms with E-state index in [2.05, 4.69) is 0 Å². The molecule has 0 aromatic heterocycles. The van der Waals surface area contributed by atoms with E-state index >= 15 is 0 Å². The number of carbonyl (C=O) groups excluding carboxylic acids is 2. The maximum atomic E-state index is 14.5. The monoisotopic (exact) mass is 668 g/mol. The number of esters is 2. The number of hydrogen-bond donors (Lipinski definition) is 4. The predicted octanol–water partition coefficient (Wildman–Crippen LogP) is 2.64. The van der Waals surface area contributed by atoms with Crippen LogP contribution in [0, 0.1) is 6.92 Å². The largest absolute Gasteiger partial charge is 0.507 e. The van der Waals surface area contributed by atoms with Gasteiger partial charge in [-0.2, -0.15) is 0 Å². The number of aryl methyl sites for hydroxylation is 1. The Morgan fingerprint density at radius 2 is 0.918 bits per heavy atom. The number of benzene rings is 5. The summed E-state index contributed by atoms with van der Waals surface area (Å²) in [6.07, 6.45) is -6.18. The van der Waals surface area contributed by atoms with Gasteiger partial charge in [0.1, 0.15) is 35.2 Å². The lowest BCUT2D eigenvalue weighted by Gasteiger charge is -2.33. The van der Waals surface area contributed by atoms with Gasteiger partial charge in [-0.15, -0.1) is 0 Å². The number of fused-ring (bicyclic) bond motifs is 11. The molecule has 0 radical (unpaired) electrons. The van der Waals surface area contributed by atoms with E-state index in [1.807, 2.05) is 0 Å². The summed E-state index contributed by atoms with van der Waals surface area (Å²) in [5.74, 6) is -4.11. The molecule has 4 N–H and O–H groups in total. The highest BCUT2D eigenvalue weighted by Crippen LogP contribution is 2.54. The summed E-state index contributed by atoms with van der Waals surface area (Å²) in [6.45, 7) is 4.47. The molecule has 4 heterocycles. The molecule has 0 bridgehead atoms. The topological polar surface area (TPSA) is 220 Å². The van der Waals surface area contributed by atoms with Crippen molar-refractivity contribution in [2.24, 2.45) is 0 Å². The third-order valence-corrected chi connectivity index (χ3v) is 10.5. The molecular weight excluding hydrogens is 644 g/mol. The zero-order valence-corrected chi connectivity index (χ0v) is 25.8. The molecule has 9 rings (SSSR count). The molecule has 0 spiro atoms. The SMILES string of the molecule is Cc1cc2c(=O)c3c(O)c4c(c(O)c3c(=O)c2c2c(=O)c3c(O)c5c(c(O)c3c(=O)c12)C1OC(=O)CC1OC5C)C1OC(=O)CC1OC4C. The Hall–Kier alpha value is -5.60. The molecule has 6 atom stereocenters. The fraction of sp³-hybridized carbons (Fsp3) is 0.314. The number of rotatable bonds is 0. The van der Waals surface area contributed by atoms with Gasteiger partial charge in [-0.25, -0.2) is 0 Å². The fourth-order valence-corrected chi connectivity index (χ4v) is 8.53. The molecule has 2 fully saturated rings. The molecule has 14 nitrogen and oxygen atoms in total. The predicted molar refractivity (Wildman–Crippen MR) is 169 cm³/mol. The van der Waals surface area contributed by atoms with Gasteiger partial charge in [0.05, 0.1) is 46.6 Å². The van der Waals surface area contributed by atoms with Crippen molar-refractivity contribution < 1.29 is 49.0 Å². The molecule has 0 aliphatic carbocycles. The molecule has 0 saturated carbocycles. The van der Waals surface area contributed by atoms with Crippen LogP contribution in [0.2, 0.25) is 0 Å². The first-order valence-electron chi connectivity index (χ1n) is 15.5. The number of aromatic hydroxyl groups is 4. The minimum atomic E-state index is -1.20. The van der Waals surface area contributed by atoms with E-state index in [1.54, 1.807) is 0 Å². The van der Waals surface area contributed by atoms with E-state index < -0.39 is 126 Å². The van der Waals surface area contributed by atoms with Crippen LogP contribution in [0.15, 0.2) is 25.2 Å². The van der Waals surface area contributed by atoms with E-state index in [4.69, 9.17) is 18.9 Å². The van der Waals surface area contributed by atoms with Gasteiger partial charge in [-0.3, -0.25) is 28.8 Å². The summed E-state index contributed by atoms with van der Waals surface area (Å²) >= 11 is 0. The standard InChI is InChI=1S/C35H24O14/c1-7-4-10-18(30(42)21-20(26(10)38)28(40)16-8(2)46-11-5-13(36)48-34(11)24(16)32(21)44)19-15(7)27(39)22-23(31(19)43)29(41)17-9(3)47-12-6-14(37)49-35(12)25(17)33(22)45/h4,8-9,11-12,34-35,40-41,44-45H,5-6H2,1-3H3. The van der Waals surface area contributed by atoms with Gasteiger partial charge in [-0.05, 0) is 32.4 Å². The molecule has 14 heteroatoms. The average molecular weight is 669 g/mol. The van der Waals surface area contributed by atoms with Crippen molar-refractivity contribution in [1.82, 2.24) is 0 Å². The first kappa shape index (κ1) is 29.5. The number of hydrogen-bond acceptors (Lipinski definition) is 14. The van der Waals surface area contributed by atoms with Gasteiger partial charge < -0.3 is 39.4 Å². The lowest BCUT2D eigenvalue weighted by molar-refractivity contribution is -0.144. The summed E-state index contributed by atoms with van der Waals surface area (Å²) in [4.78, 5) is 81.7. The van der Waals surface area contributed by atoms with Gasteiger partial charge in [-0.1, -0.05) is 0 Å². The Balaban J connectivity index is 1.47. The minimum absolute atomic E-state index is 0.0386. The summed E-state index contributed by atoms with van der Waals surface area (Å²) in [7, 11) is 0. The molecular formula is C35H24O14. The van der Waals surface area contributed by atoms with E-state index in [9.17, 15) is 49.2 Å². The van der Waals surface area contributed by atoms with Crippen molar-refractivity contribution in [2.75, 3.05) is 0 Å². The van der Waals surface area contributed by atoms with Crippen molar-refractivity contribution >= 4 is 55.0 Å². The Labute approximate surface area is 271 Å². The van der Waals surface area contributed by atoms with E-state index in [0.29, 0.717) is 0 Å². The molecule has 5 aromatic rings. The van der Waals surface area contributed by atoms with Crippen molar-refractivity contribution in [3.8, 4) is 23.0 Å². The summed E-state index contributed by atoms with van der Waals surface area (Å²) < 4.78 is 22.4. The highest BCUT2D eigenvalue weighted by molar-refractivity contribution is 6.18. The van der Waals surface area contributed by atoms with E-state index in [-0.39, 0.29) is 51.4 Å². The van der Waals surface area contributed by atoms with E-state index in [1.165, 1.54) is 26.8 Å². The Bertz CT molecular complexity index is 2700. The number of carbonyl (C=O) groups is 2.